The van der Waals surface area contributed by atoms with Crippen molar-refractivity contribution in [3.63, 3.8) is 0 Å². The molecule has 2 aromatic rings. The Morgan fingerprint density at radius 2 is 2.27 bits per heavy atom. The standard InChI is InChI=1S/C9H8FN3OS/c1-5-2-8(6(10)3-7(5)11)14-9-12-4-13-15-9/h2-4H,11H2,1H3. The predicted molar refractivity (Wildman–Crippen MR) is 55.5 cm³/mol. The summed E-state index contributed by atoms with van der Waals surface area (Å²) in [6.07, 6.45) is 1.35. The molecule has 6 heteroatoms. The number of anilines is 1. The molecule has 0 bridgehead atoms. The zero-order valence-electron chi connectivity index (χ0n) is 7.90. The minimum Gasteiger partial charge on any atom is -0.427 e. The first-order chi connectivity index (χ1) is 7.16. The smallest absolute Gasteiger partial charge is 0.298 e. The van der Waals surface area contributed by atoms with Crippen molar-refractivity contribution < 1.29 is 9.13 Å². The van der Waals surface area contributed by atoms with Crippen molar-refractivity contribution >= 4 is 17.2 Å². The van der Waals surface area contributed by atoms with Crippen LogP contribution in [0.4, 0.5) is 10.1 Å². The van der Waals surface area contributed by atoms with Crippen molar-refractivity contribution in [2.45, 2.75) is 6.92 Å². The second kappa shape index (κ2) is 3.82. The highest BCUT2D eigenvalue weighted by Crippen LogP contribution is 2.28. The van der Waals surface area contributed by atoms with E-state index in [-0.39, 0.29) is 5.75 Å². The summed E-state index contributed by atoms with van der Waals surface area (Å²) in [6.45, 7) is 1.78. The Kier molecular flexibility index (Phi) is 2.51. The van der Waals surface area contributed by atoms with E-state index in [4.69, 9.17) is 10.5 Å². The number of halogens is 1. The molecule has 0 atom stereocenters. The first kappa shape index (κ1) is 9.85. The third-order valence-electron chi connectivity index (χ3n) is 1.86. The van der Waals surface area contributed by atoms with Gasteiger partial charge in [-0.25, -0.2) is 4.39 Å². The van der Waals surface area contributed by atoms with E-state index in [1.54, 1.807) is 6.92 Å². The lowest BCUT2D eigenvalue weighted by Crippen LogP contribution is -1.94. The quantitative estimate of drug-likeness (QED) is 0.797. The van der Waals surface area contributed by atoms with E-state index >= 15 is 0 Å². The Labute approximate surface area is 89.7 Å². The Hall–Kier alpha value is -1.69. The molecule has 0 spiro atoms. The average Bonchev–Trinajstić information content (AvgIpc) is 2.67. The summed E-state index contributed by atoms with van der Waals surface area (Å²) < 4.78 is 22.3. The van der Waals surface area contributed by atoms with Gasteiger partial charge in [-0.05, 0) is 18.6 Å². The normalized spacial score (nSPS) is 10.3. The van der Waals surface area contributed by atoms with Gasteiger partial charge in [-0.15, -0.1) is 0 Å². The molecule has 1 aromatic carbocycles. The van der Waals surface area contributed by atoms with Gasteiger partial charge in [-0.1, -0.05) is 0 Å². The van der Waals surface area contributed by atoms with Gasteiger partial charge in [0.1, 0.15) is 6.33 Å². The molecule has 1 heterocycles. The van der Waals surface area contributed by atoms with Gasteiger partial charge in [0, 0.05) is 23.3 Å². The number of hydrogen-bond acceptors (Lipinski definition) is 5. The van der Waals surface area contributed by atoms with Crippen molar-refractivity contribution in [3.05, 3.63) is 29.8 Å². The predicted octanol–water partition coefficient (Wildman–Crippen LogP) is 2.36. The molecule has 0 saturated carbocycles. The summed E-state index contributed by atoms with van der Waals surface area (Å²) in [5.74, 6) is -0.397. The summed E-state index contributed by atoms with van der Waals surface area (Å²) in [7, 11) is 0. The number of benzene rings is 1. The topological polar surface area (TPSA) is 61.0 Å². The Morgan fingerprint density at radius 3 is 2.93 bits per heavy atom. The van der Waals surface area contributed by atoms with Crippen molar-refractivity contribution in [1.29, 1.82) is 0 Å². The third-order valence-corrected chi connectivity index (χ3v) is 2.40. The van der Waals surface area contributed by atoms with Crippen molar-refractivity contribution in [2.24, 2.45) is 0 Å². The number of nitrogen functional groups attached to an aromatic ring is 1. The van der Waals surface area contributed by atoms with Crippen LogP contribution in [0.2, 0.25) is 0 Å². The third kappa shape index (κ3) is 2.04. The molecule has 0 radical (unpaired) electrons. The van der Waals surface area contributed by atoms with Gasteiger partial charge in [0.25, 0.3) is 5.19 Å². The molecule has 0 aliphatic rings. The number of nitrogens with zero attached hydrogens (tertiary/aromatic N) is 2. The van der Waals surface area contributed by atoms with E-state index in [1.165, 1.54) is 18.5 Å². The molecular formula is C9H8FN3OS. The molecule has 4 nitrogen and oxygen atoms in total. The van der Waals surface area contributed by atoms with Crippen LogP contribution in [0.5, 0.6) is 10.9 Å². The Balaban J connectivity index is 2.33. The number of rotatable bonds is 2. The zero-order chi connectivity index (χ0) is 10.8. The number of hydrogen-bond donors (Lipinski definition) is 1. The highest BCUT2D eigenvalue weighted by atomic mass is 32.1. The van der Waals surface area contributed by atoms with Crippen LogP contribution in [0.25, 0.3) is 0 Å². The zero-order valence-corrected chi connectivity index (χ0v) is 8.71. The van der Waals surface area contributed by atoms with Gasteiger partial charge in [0.05, 0.1) is 0 Å². The first-order valence-corrected chi connectivity index (χ1v) is 4.94. The molecule has 15 heavy (non-hydrogen) atoms. The molecule has 78 valence electrons. The lowest BCUT2D eigenvalue weighted by molar-refractivity contribution is 0.439. The average molecular weight is 225 g/mol. The molecule has 0 unspecified atom stereocenters. The minimum atomic E-state index is -0.506. The summed E-state index contributed by atoms with van der Waals surface area (Å²) in [6, 6.07) is 2.76. The number of nitrogens with two attached hydrogens (primary N) is 1. The van der Waals surface area contributed by atoms with Crippen molar-refractivity contribution in [2.75, 3.05) is 5.73 Å². The fourth-order valence-electron chi connectivity index (χ4n) is 1.05. The van der Waals surface area contributed by atoms with E-state index in [1.807, 2.05) is 0 Å². The fourth-order valence-corrected chi connectivity index (χ4v) is 1.46. The molecule has 2 rings (SSSR count). The number of aromatic nitrogens is 2. The van der Waals surface area contributed by atoms with Gasteiger partial charge in [-0.3, -0.25) is 0 Å². The van der Waals surface area contributed by atoms with Gasteiger partial charge >= 0.3 is 0 Å². The van der Waals surface area contributed by atoms with E-state index in [2.05, 4.69) is 9.36 Å². The van der Waals surface area contributed by atoms with Crippen LogP contribution in [-0.2, 0) is 0 Å². The van der Waals surface area contributed by atoms with Crippen LogP contribution >= 0.6 is 11.5 Å². The van der Waals surface area contributed by atoms with E-state index < -0.39 is 5.82 Å². The second-order valence-electron chi connectivity index (χ2n) is 2.95. The molecule has 0 aliphatic carbocycles. The van der Waals surface area contributed by atoms with E-state index in [0.717, 1.165) is 17.1 Å². The highest BCUT2D eigenvalue weighted by Gasteiger charge is 2.09. The maximum atomic E-state index is 13.4. The molecule has 0 saturated heterocycles. The molecular weight excluding hydrogens is 217 g/mol. The molecule has 2 N–H and O–H groups in total. The monoisotopic (exact) mass is 225 g/mol. The maximum Gasteiger partial charge on any atom is 0.298 e. The van der Waals surface area contributed by atoms with Gasteiger partial charge < -0.3 is 10.5 Å². The fraction of sp³-hybridized carbons (Fsp3) is 0.111. The van der Waals surface area contributed by atoms with E-state index in [0.29, 0.717) is 10.9 Å². The van der Waals surface area contributed by atoms with Crippen LogP contribution < -0.4 is 10.5 Å². The largest absolute Gasteiger partial charge is 0.427 e. The molecule has 0 fully saturated rings. The lowest BCUT2D eigenvalue weighted by atomic mass is 10.2. The van der Waals surface area contributed by atoms with Crippen molar-refractivity contribution in [3.8, 4) is 10.9 Å². The Morgan fingerprint density at radius 1 is 1.47 bits per heavy atom. The van der Waals surface area contributed by atoms with Crippen LogP contribution in [0, 0.1) is 12.7 Å². The molecule has 0 aliphatic heterocycles. The van der Waals surface area contributed by atoms with Gasteiger partial charge in [0.15, 0.2) is 11.6 Å². The van der Waals surface area contributed by atoms with Crippen molar-refractivity contribution in [1.82, 2.24) is 9.36 Å². The van der Waals surface area contributed by atoms with Gasteiger partial charge in [-0.2, -0.15) is 9.36 Å². The van der Waals surface area contributed by atoms with E-state index in [9.17, 15) is 4.39 Å². The van der Waals surface area contributed by atoms with Crippen LogP contribution in [0.3, 0.4) is 0 Å². The SMILES string of the molecule is Cc1cc(Oc2ncns2)c(F)cc1N. The summed E-state index contributed by atoms with van der Waals surface area (Å²) in [5.41, 5.74) is 6.70. The number of ether oxygens (including phenoxy) is 1. The molecule has 1 aromatic heterocycles. The van der Waals surface area contributed by atoms with Crippen LogP contribution in [-0.4, -0.2) is 9.36 Å². The molecule has 0 amide bonds. The maximum absolute atomic E-state index is 13.4. The summed E-state index contributed by atoms with van der Waals surface area (Å²) >= 11 is 1.06. The van der Waals surface area contributed by atoms with Gasteiger partial charge in [0.2, 0.25) is 0 Å². The number of aryl methyl sites for hydroxylation is 1. The van der Waals surface area contributed by atoms with Crippen LogP contribution in [0.1, 0.15) is 5.56 Å². The van der Waals surface area contributed by atoms with Crippen LogP contribution in [0.15, 0.2) is 18.5 Å². The first-order valence-electron chi connectivity index (χ1n) is 4.17. The minimum absolute atomic E-state index is 0.110. The highest BCUT2D eigenvalue weighted by molar-refractivity contribution is 7.07. The summed E-state index contributed by atoms with van der Waals surface area (Å²) in [4.78, 5) is 3.79. The summed E-state index contributed by atoms with van der Waals surface area (Å²) in [5, 5.41) is 0.304. The lowest BCUT2D eigenvalue weighted by Gasteiger charge is -2.06. The Bertz CT molecular complexity index is 472. The second-order valence-corrected chi connectivity index (χ2v) is 3.69.